The van der Waals surface area contributed by atoms with Gasteiger partial charge in [-0.25, -0.2) is 9.59 Å². The van der Waals surface area contributed by atoms with E-state index in [1.165, 1.54) is 0 Å². The van der Waals surface area contributed by atoms with Crippen LogP contribution in [0, 0.1) is 15.9 Å². The van der Waals surface area contributed by atoms with E-state index < -0.39 is 34.5 Å². The summed E-state index contributed by atoms with van der Waals surface area (Å²) in [4.78, 5) is 31.7. The van der Waals surface area contributed by atoms with Crippen LogP contribution in [0.1, 0.15) is 13.3 Å². The molecule has 0 saturated carbocycles. The SMILES string of the molecule is CC[C@H](NC(=O)Nc1ccc([N+](=O)[O-])c(F)c1)C(=O)O. The van der Waals surface area contributed by atoms with E-state index in [0.717, 1.165) is 18.2 Å². The van der Waals surface area contributed by atoms with Crippen molar-refractivity contribution in [2.24, 2.45) is 0 Å². The van der Waals surface area contributed by atoms with Gasteiger partial charge in [0.2, 0.25) is 5.82 Å². The van der Waals surface area contributed by atoms with Crippen LogP contribution in [-0.4, -0.2) is 28.1 Å². The van der Waals surface area contributed by atoms with E-state index >= 15 is 0 Å². The zero-order valence-corrected chi connectivity index (χ0v) is 10.4. The number of carbonyl (C=O) groups excluding carboxylic acids is 1. The van der Waals surface area contributed by atoms with Gasteiger partial charge in [-0.05, 0) is 12.5 Å². The molecule has 1 rings (SSSR count). The number of carboxylic acids is 1. The predicted molar refractivity (Wildman–Crippen MR) is 66.9 cm³/mol. The number of urea groups is 1. The van der Waals surface area contributed by atoms with Gasteiger partial charge in [-0.1, -0.05) is 6.92 Å². The lowest BCUT2D eigenvalue weighted by atomic mass is 10.2. The second kappa shape index (κ2) is 6.45. The Labute approximate surface area is 112 Å². The van der Waals surface area contributed by atoms with Gasteiger partial charge in [-0.15, -0.1) is 0 Å². The van der Waals surface area contributed by atoms with Crippen LogP contribution in [0.2, 0.25) is 0 Å². The number of hydrogen-bond acceptors (Lipinski definition) is 4. The third-order valence-corrected chi connectivity index (χ3v) is 2.41. The minimum absolute atomic E-state index is 0.0224. The first-order valence-corrected chi connectivity index (χ1v) is 5.59. The molecule has 1 aromatic rings. The maximum atomic E-state index is 13.3. The first-order chi connectivity index (χ1) is 9.35. The smallest absolute Gasteiger partial charge is 0.326 e. The fourth-order valence-corrected chi connectivity index (χ4v) is 1.40. The molecular weight excluding hydrogens is 273 g/mol. The standard InChI is InChI=1S/C11H12FN3O5/c1-2-8(10(16)17)14-11(18)13-6-3-4-9(15(19)20)7(12)5-6/h3-5,8H,2H2,1H3,(H,16,17)(H2,13,14,18)/t8-/m0/s1. The van der Waals surface area contributed by atoms with Gasteiger partial charge in [-0.3, -0.25) is 10.1 Å². The molecule has 1 aromatic carbocycles. The highest BCUT2D eigenvalue weighted by atomic mass is 19.1. The molecule has 0 heterocycles. The Balaban J connectivity index is 2.74. The number of hydrogen-bond donors (Lipinski definition) is 3. The Morgan fingerprint density at radius 3 is 2.60 bits per heavy atom. The minimum Gasteiger partial charge on any atom is -0.480 e. The first kappa shape index (κ1) is 15.3. The molecule has 108 valence electrons. The number of amides is 2. The zero-order chi connectivity index (χ0) is 15.3. The van der Waals surface area contributed by atoms with E-state index in [1.807, 2.05) is 0 Å². The summed E-state index contributed by atoms with van der Waals surface area (Å²) >= 11 is 0. The van der Waals surface area contributed by atoms with Crippen LogP contribution in [0.3, 0.4) is 0 Å². The van der Waals surface area contributed by atoms with Gasteiger partial charge in [-0.2, -0.15) is 4.39 Å². The third-order valence-electron chi connectivity index (χ3n) is 2.41. The number of carboxylic acid groups (broad SMARTS) is 1. The van der Waals surface area contributed by atoms with Gasteiger partial charge in [0.05, 0.1) is 4.92 Å². The largest absolute Gasteiger partial charge is 0.480 e. The predicted octanol–water partition coefficient (Wildman–Crippen LogP) is 1.72. The summed E-state index contributed by atoms with van der Waals surface area (Å²) in [5, 5.41) is 23.5. The molecule has 8 nitrogen and oxygen atoms in total. The van der Waals surface area contributed by atoms with E-state index in [2.05, 4.69) is 10.6 Å². The Morgan fingerprint density at radius 1 is 1.50 bits per heavy atom. The molecular formula is C11H12FN3O5. The number of rotatable bonds is 5. The molecule has 2 amide bonds. The number of aliphatic carboxylic acids is 1. The molecule has 0 radical (unpaired) electrons. The number of benzene rings is 1. The van der Waals surface area contributed by atoms with E-state index in [0.29, 0.717) is 0 Å². The highest BCUT2D eigenvalue weighted by Gasteiger charge is 2.18. The van der Waals surface area contributed by atoms with Crippen LogP contribution >= 0.6 is 0 Å². The average molecular weight is 285 g/mol. The number of nitrogens with zero attached hydrogens (tertiary/aromatic N) is 1. The van der Waals surface area contributed by atoms with Crippen LogP contribution in [0.4, 0.5) is 20.6 Å². The van der Waals surface area contributed by atoms with Crippen molar-refractivity contribution < 1.29 is 24.0 Å². The van der Waals surface area contributed by atoms with Crippen molar-refractivity contribution in [3.8, 4) is 0 Å². The monoisotopic (exact) mass is 285 g/mol. The van der Waals surface area contributed by atoms with Gasteiger partial charge >= 0.3 is 17.7 Å². The number of anilines is 1. The molecule has 0 fully saturated rings. The van der Waals surface area contributed by atoms with Gasteiger partial charge in [0.1, 0.15) is 6.04 Å². The molecule has 0 aliphatic rings. The first-order valence-electron chi connectivity index (χ1n) is 5.59. The summed E-state index contributed by atoms with van der Waals surface area (Å²) in [5.74, 6) is -2.30. The second-order valence-electron chi connectivity index (χ2n) is 3.82. The highest BCUT2D eigenvalue weighted by Crippen LogP contribution is 2.20. The molecule has 0 aliphatic heterocycles. The third kappa shape index (κ3) is 3.90. The maximum Gasteiger partial charge on any atom is 0.326 e. The van der Waals surface area contributed by atoms with Gasteiger partial charge in [0, 0.05) is 17.8 Å². The van der Waals surface area contributed by atoms with Crippen molar-refractivity contribution in [1.82, 2.24) is 5.32 Å². The van der Waals surface area contributed by atoms with Gasteiger partial charge in [0.25, 0.3) is 0 Å². The summed E-state index contributed by atoms with van der Waals surface area (Å²) in [6, 6.07) is 0.909. The van der Waals surface area contributed by atoms with Crippen molar-refractivity contribution in [3.63, 3.8) is 0 Å². The molecule has 0 spiro atoms. The number of nitro groups is 1. The van der Waals surface area contributed by atoms with Crippen molar-refractivity contribution in [1.29, 1.82) is 0 Å². The minimum atomic E-state index is -1.20. The Hall–Kier alpha value is -2.71. The Bertz CT molecular complexity index is 549. The number of carbonyl (C=O) groups is 2. The summed E-state index contributed by atoms with van der Waals surface area (Å²) < 4.78 is 13.3. The topological polar surface area (TPSA) is 122 Å². The molecule has 0 aliphatic carbocycles. The van der Waals surface area contributed by atoms with Crippen molar-refractivity contribution in [2.45, 2.75) is 19.4 Å². The number of halogens is 1. The molecule has 20 heavy (non-hydrogen) atoms. The molecule has 1 atom stereocenters. The van der Waals surface area contributed by atoms with Crippen LogP contribution in [0.15, 0.2) is 18.2 Å². The summed E-state index contributed by atoms with van der Waals surface area (Å²) in [6.07, 6.45) is 0.178. The lowest BCUT2D eigenvalue weighted by molar-refractivity contribution is -0.387. The fraction of sp³-hybridized carbons (Fsp3) is 0.273. The summed E-state index contributed by atoms with van der Waals surface area (Å²) in [6.45, 7) is 1.57. The quantitative estimate of drug-likeness (QED) is 0.561. The molecule has 0 saturated heterocycles. The Kier molecular flexibility index (Phi) is 4.95. The normalized spacial score (nSPS) is 11.5. The van der Waals surface area contributed by atoms with Crippen LogP contribution < -0.4 is 10.6 Å². The Morgan fingerprint density at radius 2 is 2.15 bits per heavy atom. The van der Waals surface area contributed by atoms with E-state index in [9.17, 15) is 24.1 Å². The molecule has 9 heteroatoms. The molecule has 0 bridgehead atoms. The summed E-state index contributed by atoms with van der Waals surface area (Å²) in [5.41, 5.74) is -0.737. The molecule has 3 N–H and O–H groups in total. The zero-order valence-electron chi connectivity index (χ0n) is 10.4. The summed E-state index contributed by atoms with van der Waals surface area (Å²) in [7, 11) is 0. The second-order valence-corrected chi connectivity index (χ2v) is 3.82. The van der Waals surface area contributed by atoms with Gasteiger partial charge < -0.3 is 15.7 Å². The molecule has 0 unspecified atom stereocenters. The van der Waals surface area contributed by atoms with Crippen LogP contribution in [0.5, 0.6) is 0 Å². The lowest BCUT2D eigenvalue weighted by Crippen LogP contribution is -2.42. The van der Waals surface area contributed by atoms with Crippen LogP contribution in [-0.2, 0) is 4.79 Å². The molecule has 0 aromatic heterocycles. The van der Waals surface area contributed by atoms with E-state index in [1.54, 1.807) is 6.92 Å². The fourth-order valence-electron chi connectivity index (χ4n) is 1.40. The number of nitrogens with one attached hydrogen (secondary N) is 2. The van der Waals surface area contributed by atoms with Gasteiger partial charge in [0.15, 0.2) is 0 Å². The average Bonchev–Trinajstić information content (AvgIpc) is 2.35. The van der Waals surface area contributed by atoms with Crippen molar-refractivity contribution in [2.75, 3.05) is 5.32 Å². The van der Waals surface area contributed by atoms with E-state index in [4.69, 9.17) is 5.11 Å². The lowest BCUT2D eigenvalue weighted by Gasteiger charge is -2.13. The number of nitro benzene ring substituents is 1. The van der Waals surface area contributed by atoms with Crippen LogP contribution in [0.25, 0.3) is 0 Å². The maximum absolute atomic E-state index is 13.3. The highest BCUT2D eigenvalue weighted by molar-refractivity contribution is 5.92. The van der Waals surface area contributed by atoms with Crippen molar-refractivity contribution in [3.05, 3.63) is 34.1 Å². The van der Waals surface area contributed by atoms with E-state index in [-0.39, 0.29) is 12.1 Å². The van der Waals surface area contributed by atoms with Crippen molar-refractivity contribution >= 4 is 23.4 Å².